The summed E-state index contributed by atoms with van der Waals surface area (Å²) in [6.07, 6.45) is 0.715. The van der Waals surface area contributed by atoms with E-state index < -0.39 is 6.61 Å². The smallest absolute Gasteiger partial charge is 0.245 e. The van der Waals surface area contributed by atoms with Gasteiger partial charge in [0.15, 0.2) is 0 Å². The summed E-state index contributed by atoms with van der Waals surface area (Å²) in [5.41, 5.74) is 1.07. The van der Waals surface area contributed by atoms with Crippen LogP contribution in [0.25, 0.3) is 0 Å². The fourth-order valence-corrected chi connectivity index (χ4v) is 1.31. The molecule has 1 amide bonds. The second-order valence-corrected chi connectivity index (χ2v) is 3.32. The van der Waals surface area contributed by atoms with Crippen molar-refractivity contribution >= 4 is 17.5 Å². The molecule has 0 bridgehead atoms. The number of aliphatic hydroxyl groups is 1. The summed E-state index contributed by atoms with van der Waals surface area (Å²) >= 11 is 5.79. The van der Waals surface area contributed by atoms with Crippen molar-refractivity contribution in [3.05, 3.63) is 34.9 Å². The predicted octanol–water partition coefficient (Wildman–Crippen LogP) is 0.991. The molecule has 2 N–H and O–H groups in total. The Morgan fingerprint density at radius 1 is 1.50 bits per heavy atom. The van der Waals surface area contributed by atoms with Gasteiger partial charge in [-0.2, -0.15) is 0 Å². The van der Waals surface area contributed by atoms with Crippen LogP contribution in [-0.2, 0) is 11.2 Å². The van der Waals surface area contributed by atoms with Crippen molar-refractivity contribution in [2.24, 2.45) is 0 Å². The van der Waals surface area contributed by atoms with Crippen molar-refractivity contribution in [3.63, 3.8) is 0 Å². The Kier molecular flexibility index (Phi) is 4.43. The Morgan fingerprint density at radius 3 is 2.93 bits per heavy atom. The minimum absolute atomic E-state index is 0.355. The Labute approximate surface area is 87.7 Å². The zero-order valence-electron chi connectivity index (χ0n) is 7.66. The second kappa shape index (κ2) is 5.62. The van der Waals surface area contributed by atoms with Gasteiger partial charge in [-0.3, -0.25) is 4.79 Å². The predicted molar refractivity (Wildman–Crippen MR) is 55.3 cm³/mol. The summed E-state index contributed by atoms with van der Waals surface area (Å²) in [6.45, 7) is 0.0509. The van der Waals surface area contributed by atoms with E-state index in [-0.39, 0.29) is 5.91 Å². The Morgan fingerprint density at radius 2 is 2.29 bits per heavy atom. The van der Waals surface area contributed by atoms with E-state index in [0.29, 0.717) is 18.0 Å². The highest BCUT2D eigenvalue weighted by Gasteiger charge is 1.97. The average Bonchev–Trinajstić information content (AvgIpc) is 2.17. The lowest BCUT2D eigenvalue weighted by Gasteiger charge is -2.03. The van der Waals surface area contributed by atoms with E-state index in [1.165, 1.54) is 0 Å². The van der Waals surface area contributed by atoms with Crippen LogP contribution >= 0.6 is 11.6 Å². The number of benzene rings is 1. The van der Waals surface area contributed by atoms with Crippen molar-refractivity contribution in [3.8, 4) is 0 Å². The molecule has 0 aliphatic heterocycles. The summed E-state index contributed by atoms with van der Waals surface area (Å²) in [5.74, 6) is -0.355. The molecule has 0 aliphatic rings. The largest absolute Gasteiger partial charge is 0.387 e. The molecule has 1 aromatic rings. The highest BCUT2D eigenvalue weighted by Crippen LogP contribution is 2.10. The number of hydrogen-bond donors (Lipinski definition) is 2. The van der Waals surface area contributed by atoms with Gasteiger partial charge < -0.3 is 10.4 Å². The third-order valence-electron chi connectivity index (χ3n) is 1.77. The van der Waals surface area contributed by atoms with Crippen molar-refractivity contribution in [1.29, 1.82) is 0 Å². The molecule has 0 spiro atoms. The van der Waals surface area contributed by atoms with Crippen LogP contribution in [0.15, 0.2) is 24.3 Å². The van der Waals surface area contributed by atoms with E-state index in [1.807, 2.05) is 18.2 Å². The quantitative estimate of drug-likeness (QED) is 0.784. The van der Waals surface area contributed by atoms with Crippen LogP contribution in [0.4, 0.5) is 0 Å². The molecule has 1 aromatic carbocycles. The lowest BCUT2D eigenvalue weighted by molar-refractivity contribution is -0.123. The number of amides is 1. The molecule has 4 heteroatoms. The third kappa shape index (κ3) is 3.77. The molecular weight excluding hydrogens is 202 g/mol. The number of carbonyl (C=O) groups excluding carboxylic acids is 1. The molecule has 0 unspecified atom stereocenters. The van der Waals surface area contributed by atoms with Crippen LogP contribution < -0.4 is 5.32 Å². The van der Waals surface area contributed by atoms with Crippen LogP contribution in [0.1, 0.15) is 5.56 Å². The third-order valence-corrected chi connectivity index (χ3v) is 2.00. The lowest BCUT2D eigenvalue weighted by atomic mass is 10.1. The van der Waals surface area contributed by atoms with Crippen LogP contribution in [0.5, 0.6) is 0 Å². The molecule has 76 valence electrons. The molecule has 3 nitrogen and oxygen atoms in total. The van der Waals surface area contributed by atoms with Gasteiger partial charge in [-0.05, 0) is 24.1 Å². The molecule has 0 heterocycles. The van der Waals surface area contributed by atoms with Gasteiger partial charge in [0.25, 0.3) is 0 Å². The van der Waals surface area contributed by atoms with Gasteiger partial charge in [0.1, 0.15) is 6.61 Å². The first-order valence-electron chi connectivity index (χ1n) is 4.34. The molecule has 14 heavy (non-hydrogen) atoms. The zero-order valence-corrected chi connectivity index (χ0v) is 8.42. The van der Waals surface area contributed by atoms with Crippen LogP contribution in [-0.4, -0.2) is 24.2 Å². The lowest BCUT2D eigenvalue weighted by Crippen LogP contribution is -2.28. The SMILES string of the molecule is O=C(CO)NCCc1cccc(Cl)c1. The summed E-state index contributed by atoms with van der Waals surface area (Å²) in [6, 6.07) is 7.46. The molecule has 0 aromatic heterocycles. The molecule has 1 rings (SSSR count). The first-order chi connectivity index (χ1) is 6.72. The number of nitrogens with one attached hydrogen (secondary N) is 1. The molecule has 0 fully saturated rings. The van der Waals surface area contributed by atoms with Gasteiger partial charge in [-0.15, -0.1) is 0 Å². The van der Waals surface area contributed by atoms with Gasteiger partial charge in [-0.25, -0.2) is 0 Å². The second-order valence-electron chi connectivity index (χ2n) is 2.89. The summed E-state index contributed by atoms with van der Waals surface area (Å²) < 4.78 is 0. The molecule has 0 saturated heterocycles. The van der Waals surface area contributed by atoms with E-state index in [1.54, 1.807) is 6.07 Å². The highest BCUT2D eigenvalue weighted by molar-refractivity contribution is 6.30. The van der Waals surface area contributed by atoms with Gasteiger partial charge in [0.05, 0.1) is 0 Å². The van der Waals surface area contributed by atoms with Gasteiger partial charge in [0.2, 0.25) is 5.91 Å². The average molecular weight is 214 g/mol. The Bertz CT molecular complexity index is 315. The number of aliphatic hydroxyl groups excluding tert-OH is 1. The van der Waals surface area contributed by atoms with Crippen molar-refractivity contribution in [2.45, 2.75) is 6.42 Å². The maximum Gasteiger partial charge on any atom is 0.245 e. The maximum absolute atomic E-state index is 10.7. The van der Waals surface area contributed by atoms with Gasteiger partial charge in [-0.1, -0.05) is 23.7 Å². The summed E-state index contributed by atoms with van der Waals surface area (Å²) in [7, 11) is 0. The standard InChI is InChI=1S/C10H12ClNO2/c11-9-3-1-2-8(6-9)4-5-12-10(14)7-13/h1-3,6,13H,4-5,7H2,(H,12,14). The van der Waals surface area contributed by atoms with E-state index in [2.05, 4.69) is 5.32 Å². The number of hydrogen-bond acceptors (Lipinski definition) is 2. The first kappa shape index (κ1) is 11.0. The minimum atomic E-state index is -0.463. The van der Waals surface area contributed by atoms with Crippen molar-refractivity contribution < 1.29 is 9.90 Å². The Hall–Kier alpha value is -1.06. The fourth-order valence-electron chi connectivity index (χ4n) is 1.09. The van der Waals surface area contributed by atoms with Crippen LogP contribution in [0, 0.1) is 0 Å². The van der Waals surface area contributed by atoms with Crippen molar-refractivity contribution in [2.75, 3.05) is 13.2 Å². The zero-order chi connectivity index (χ0) is 10.4. The molecule has 0 radical (unpaired) electrons. The number of rotatable bonds is 4. The monoisotopic (exact) mass is 213 g/mol. The van der Waals surface area contributed by atoms with Crippen LogP contribution in [0.3, 0.4) is 0 Å². The number of carbonyl (C=O) groups is 1. The van der Waals surface area contributed by atoms with Crippen LogP contribution in [0.2, 0.25) is 5.02 Å². The van der Waals surface area contributed by atoms with Gasteiger partial charge >= 0.3 is 0 Å². The Balaban J connectivity index is 2.35. The summed E-state index contributed by atoms with van der Waals surface area (Å²) in [5, 5.41) is 11.7. The normalized spacial score (nSPS) is 9.86. The highest BCUT2D eigenvalue weighted by atomic mass is 35.5. The van der Waals surface area contributed by atoms with E-state index in [4.69, 9.17) is 16.7 Å². The molecule has 0 aliphatic carbocycles. The summed E-state index contributed by atoms with van der Waals surface area (Å²) in [4.78, 5) is 10.7. The fraction of sp³-hybridized carbons (Fsp3) is 0.300. The topological polar surface area (TPSA) is 49.3 Å². The van der Waals surface area contributed by atoms with E-state index in [0.717, 1.165) is 5.56 Å². The van der Waals surface area contributed by atoms with E-state index in [9.17, 15) is 4.79 Å². The molecule has 0 atom stereocenters. The van der Waals surface area contributed by atoms with Crippen molar-refractivity contribution in [1.82, 2.24) is 5.32 Å². The molecule has 0 saturated carbocycles. The first-order valence-corrected chi connectivity index (χ1v) is 4.72. The molecular formula is C10H12ClNO2. The van der Waals surface area contributed by atoms with E-state index >= 15 is 0 Å². The number of halogens is 1. The van der Waals surface area contributed by atoms with Gasteiger partial charge in [0, 0.05) is 11.6 Å². The minimum Gasteiger partial charge on any atom is -0.387 e. The maximum atomic E-state index is 10.7.